The van der Waals surface area contributed by atoms with Gasteiger partial charge in [-0.15, -0.1) is 13.2 Å². The number of imidazole rings is 1. The molecule has 0 aliphatic carbocycles. The summed E-state index contributed by atoms with van der Waals surface area (Å²) in [5, 5.41) is 5.83. The maximum absolute atomic E-state index is 12.8. The summed E-state index contributed by atoms with van der Waals surface area (Å²) in [4.78, 5) is 19.6. The van der Waals surface area contributed by atoms with Crippen LogP contribution in [0.25, 0.3) is 33.2 Å². The first-order valence-electron chi connectivity index (χ1n) is 16.3. The number of primary amides is 1. The summed E-state index contributed by atoms with van der Waals surface area (Å²) in [6, 6.07) is 34.0. The van der Waals surface area contributed by atoms with Gasteiger partial charge in [0.1, 0.15) is 11.6 Å². The minimum absolute atomic E-state index is 0.100. The van der Waals surface area contributed by atoms with E-state index in [0.29, 0.717) is 18.9 Å². The lowest BCUT2D eigenvalue weighted by molar-refractivity contribution is -0.274. The highest BCUT2D eigenvalue weighted by atomic mass is 19.4. The molecule has 3 N–H and O–H groups in total. The lowest BCUT2D eigenvalue weighted by Gasteiger charge is -2.21. The minimum atomic E-state index is -4.76. The number of halogens is 3. The lowest BCUT2D eigenvalue weighted by atomic mass is 10.0. The number of aromatic nitrogens is 2. The number of hydrogen-bond donors (Lipinski definition) is 2. The third kappa shape index (κ3) is 7.87. The number of anilines is 1. The first-order chi connectivity index (χ1) is 23.6. The number of fused-ring (bicyclic) bond motifs is 2. The molecule has 1 atom stereocenters. The molecule has 0 aliphatic rings. The molecule has 1 aromatic heterocycles. The van der Waals surface area contributed by atoms with Crippen molar-refractivity contribution in [2.24, 2.45) is 5.73 Å². The van der Waals surface area contributed by atoms with Crippen LogP contribution in [0.2, 0.25) is 0 Å². The molecule has 6 aromatic rings. The summed E-state index contributed by atoms with van der Waals surface area (Å²) in [6.07, 6.45) is -4.66. The molecule has 0 radical (unpaired) electrons. The van der Waals surface area contributed by atoms with Crippen molar-refractivity contribution in [3.05, 3.63) is 126 Å². The summed E-state index contributed by atoms with van der Waals surface area (Å²) >= 11 is 0. The third-order valence-corrected chi connectivity index (χ3v) is 8.75. The molecule has 5 aromatic carbocycles. The van der Waals surface area contributed by atoms with Gasteiger partial charge in [-0.1, -0.05) is 60.7 Å². The van der Waals surface area contributed by atoms with Gasteiger partial charge in [0.05, 0.1) is 11.0 Å². The van der Waals surface area contributed by atoms with Crippen molar-refractivity contribution < 1.29 is 22.7 Å². The summed E-state index contributed by atoms with van der Waals surface area (Å²) in [5.74, 6) is 0.0112. The van der Waals surface area contributed by atoms with E-state index >= 15 is 0 Å². The summed E-state index contributed by atoms with van der Waals surface area (Å²) in [6.45, 7) is 6.88. The molecule has 6 rings (SSSR count). The van der Waals surface area contributed by atoms with Crippen LogP contribution in [0.15, 0.2) is 109 Å². The Morgan fingerprint density at radius 1 is 0.918 bits per heavy atom. The number of ether oxygens (including phenoxy) is 1. The highest BCUT2D eigenvalue weighted by molar-refractivity contribution is 5.86. The smallest absolute Gasteiger partial charge is 0.406 e. The van der Waals surface area contributed by atoms with Crippen LogP contribution in [0.5, 0.6) is 5.75 Å². The number of carbonyl (C=O) groups excluding carboxylic acids is 1. The maximum atomic E-state index is 12.8. The van der Waals surface area contributed by atoms with Gasteiger partial charge < -0.3 is 25.3 Å². The fraction of sp³-hybridized carbons (Fsp3) is 0.231. The Bertz CT molecular complexity index is 2050. The predicted octanol–water partition coefficient (Wildman–Crippen LogP) is 8.36. The van der Waals surface area contributed by atoms with Crippen LogP contribution >= 0.6 is 0 Å². The number of nitrogens with two attached hydrogens (primary N) is 1. The van der Waals surface area contributed by atoms with E-state index in [1.165, 1.54) is 12.1 Å². The number of amides is 1. The number of rotatable bonds is 13. The highest BCUT2D eigenvalue weighted by Gasteiger charge is 2.31. The van der Waals surface area contributed by atoms with Crippen LogP contribution in [-0.4, -0.2) is 34.9 Å². The molecule has 10 heteroatoms. The Balaban J connectivity index is 1.36. The van der Waals surface area contributed by atoms with Gasteiger partial charge in [-0.25, -0.2) is 4.98 Å². The average Bonchev–Trinajstić information content (AvgIpc) is 3.44. The van der Waals surface area contributed by atoms with Crippen molar-refractivity contribution >= 4 is 33.4 Å². The van der Waals surface area contributed by atoms with Gasteiger partial charge in [0, 0.05) is 49.9 Å². The SMILES string of the molecule is CCN(CC)c1ccc(-c2nc3cc(C(CC(N)=O)NCc4cccc5ccccc45)ccc3n2Cc2ccc(OC(F)(F)F)cc2)cc1. The third-order valence-electron chi connectivity index (χ3n) is 8.75. The van der Waals surface area contributed by atoms with E-state index in [2.05, 4.69) is 69.8 Å². The quantitative estimate of drug-likeness (QED) is 0.130. The summed E-state index contributed by atoms with van der Waals surface area (Å²) in [5.41, 5.74) is 12.0. The van der Waals surface area contributed by atoms with Crippen molar-refractivity contribution in [2.75, 3.05) is 18.0 Å². The number of benzene rings is 5. The molecule has 1 heterocycles. The maximum Gasteiger partial charge on any atom is 0.573 e. The van der Waals surface area contributed by atoms with Crippen molar-refractivity contribution in [3.8, 4) is 17.1 Å². The van der Waals surface area contributed by atoms with Crippen molar-refractivity contribution in [3.63, 3.8) is 0 Å². The molecule has 1 amide bonds. The summed E-state index contributed by atoms with van der Waals surface area (Å²) in [7, 11) is 0. The molecule has 0 bridgehead atoms. The number of nitrogens with zero attached hydrogens (tertiary/aromatic N) is 3. The first kappa shape index (κ1) is 33.5. The van der Waals surface area contributed by atoms with E-state index in [4.69, 9.17) is 10.7 Å². The van der Waals surface area contributed by atoms with E-state index in [9.17, 15) is 18.0 Å². The van der Waals surface area contributed by atoms with E-state index < -0.39 is 12.3 Å². The van der Waals surface area contributed by atoms with Crippen molar-refractivity contribution in [2.45, 2.75) is 45.8 Å². The fourth-order valence-electron chi connectivity index (χ4n) is 6.32. The van der Waals surface area contributed by atoms with E-state index in [-0.39, 0.29) is 18.2 Å². The van der Waals surface area contributed by atoms with Crippen LogP contribution in [0, 0.1) is 0 Å². The standard InChI is InChI=1S/C39H38F3N5O2/c1-3-46(4-2)31-17-14-28(15-18-31)38-45-35-22-29(16-21-36(35)47(38)25-26-12-19-32(20-13-26)49-39(40,41)42)34(23-37(43)48)44-24-30-10-7-9-27-8-5-6-11-33(27)30/h5-22,34,44H,3-4,23-25H2,1-2H3,(H2,43,48). The Morgan fingerprint density at radius 2 is 1.63 bits per heavy atom. The molecule has 0 spiro atoms. The lowest BCUT2D eigenvalue weighted by Crippen LogP contribution is -2.26. The van der Waals surface area contributed by atoms with Crippen LogP contribution in [0.1, 0.15) is 43.0 Å². The van der Waals surface area contributed by atoms with Gasteiger partial charge >= 0.3 is 6.36 Å². The van der Waals surface area contributed by atoms with Gasteiger partial charge in [-0.2, -0.15) is 0 Å². The number of nitrogens with one attached hydrogen (secondary N) is 1. The Labute approximate surface area is 283 Å². The van der Waals surface area contributed by atoms with Crippen LogP contribution in [0.4, 0.5) is 18.9 Å². The van der Waals surface area contributed by atoms with Gasteiger partial charge in [0.2, 0.25) is 5.91 Å². The van der Waals surface area contributed by atoms with E-state index in [1.54, 1.807) is 12.1 Å². The largest absolute Gasteiger partial charge is 0.573 e. The molecule has 0 aliphatic heterocycles. The number of alkyl halides is 3. The van der Waals surface area contributed by atoms with Crippen LogP contribution < -0.4 is 20.7 Å². The van der Waals surface area contributed by atoms with Gasteiger partial charge in [-0.3, -0.25) is 4.79 Å². The fourth-order valence-corrected chi connectivity index (χ4v) is 6.32. The monoisotopic (exact) mass is 665 g/mol. The zero-order chi connectivity index (χ0) is 34.5. The van der Waals surface area contributed by atoms with Crippen molar-refractivity contribution in [1.29, 1.82) is 0 Å². The zero-order valence-electron chi connectivity index (χ0n) is 27.4. The number of carbonyl (C=O) groups is 1. The normalized spacial score (nSPS) is 12.3. The summed E-state index contributed by atoms with van der Waals surface area (Å²) < 4.78 is 44.5. The topological polar surface area (TPSA) is 85.4 Å². The Hall–Kier alpha value is -5.35. The minimum Gasteiger partial charge on any atom is -0.406 e. The van der Waals surface area contributed by atoms with Crippen LogP contribution in [-0.2, 0) is 17.9 Å². The van der Waals surface area contributed by atoms with Crippen LogP contribution in [0.3, 0.4) is 0 Å². The van der Waals surface area contributed by atoms with Gasteiger partial charge in [-0.05, 0) is 89.8 Å². The Kier molecular flexibility index (Phi) is 9.87. The molecular weight excluding hydrogens is 627 g/mol. The first-order valence-corrected chi connectivity index (χ1v) is 16.3. The second-order valence-electron chi connectivity index (χ2n) is 11.9. The molecule has 1 unspecified atom stereocenters. The van der Waals surface area contributed by atoms with E-state index in [1.807, 2.05) is 48.5 Å². The van der Waals surface area contributed by atoms with Gasteiger partial charge in [0.25, 0.3) is 0 Å². The van der Waals surface area contributed by atoms with Crippen molar-refractivity contribution in [1.82, 2.24) is 14.9 Å². The highest BCUT2D eigenvalue weighted by Crippen LogP contribution is 2.31. The molecule has 0 fully saturated rings. The molecule has 0 saturated heterocycles. The molecule has 0 saturated carbocycles. The Morgan fingerprint density at radius 3 is 2.33 bits per heavy atom. The molecule has 252 valence electrons. The predicted molar refractivity (Wildman–Crippen MR) is 188 cm³/mol. The number of hydrogen-bond acceptors (Lipinski definition) is 5. The molecular formula is C39H38F3N5O2. The van der Waals surface area contributed by atoms with Gasteiger partial charge in [0.15, 0.2) is 0 Å². The second-order valence-corrected chi connectivity index (χ2v) is 11.9. The average molecular weight is 666 g/mol. The second kappa shape index (κ2) is 14.4. The van der Waals surface area contributed by atoms with E-state index in [0.717, 1.165) is 62.8 Å². The zero-order valence-corrected chi connectivity index (χ0v) is 27.4. The molecule has 49 heavy (non-hydrogen) atoms. The molecule has 7 nitrogen and oxygen atoms in total.